The first kappa shape index (κ1) is 19.0. The lowest BCUT2D eigenvalue weighted by Gasteiger charge is -2.32. The highest BCUT2D eigenvalue weighted by Gasteiger charge is 2.38. The lowest BCUT2D eigenvalue weighted by Crippen LogP contribution is -2.52. The molecule has 9 heteroatoms. The number of thioether (sulfide) groups is 1. The van der Waals surface area contributed by atoms with Crippen LogP contribution in [0.2, 0.25) is 0 Å². The Bertz CT molecular complexity index is 1010. The molecule has 0 aromatic heterocycles. The molecule has 0 saturated carbocycles. The van der Waals surface area contributed by atoms with Crippen molar-refractivity contribution in [2.24, 2.45) is 5.10 Å². The maximum Gasteiger partial charge on any atom is 0.276 e. The number of hydrogen-bond donors (Lipinski definition) is 1. The molecule has 2 aliphatic rings. The molecule has 0 radical (unpaired) electrons. The summed E-state index contributed by atoms with van der Waals surface area (Å²) in [5.41, 5.74) is 3.92. The maximum absolute atomic E-state index is 13.0. The molecule has 0 fully saturated rings. The molecule has 4 rings (SSSR count). The molecule has 2 aromatic rings. The van der Waals surface area contributed by atoms with Crippen LogP contribution in [0, 0.1) is 5.82 Å². The highest BCUT2D eigenvalue weighted by molar-refractivity contribution is 8.14. The average molecular weight is 412 g/mol. The largest absolute Gasteiger partial charge is 0.497 e. The fourth-order valence-electron chi connectivity index (χ4n) is 2.94. The monoisotopic (exact) mass is 412 g/mol. The van der Waals surface area contributed by atoms with Crippen molar-refractivity contribution in [2.75, 3.05) is 17.8 Å². The second-order valence-corrected chi connectivity index (χ2v) is 7.20. The summed E-state index contributed by atoms with van der Waals surface area (Å²) >= 11 is 1.21. The Kier molecular flexibility index (Phi) is 5.22. The zero-order chi connectivity index (χ0) is 20.4. The number of carbonyl (C=O) groups is 2. The van der Waals surface area contributed by atoms with Gasteiger partial charge in [-0.05, 0) is 36.4 Å². The van der Waals surface area contributed by atoms with Gasteiger partial charge in [-0.2, -0.15) is 5.10 Å². The molecule has 1 unspecified atom stereocenters. The standard InChI is InChI=1S/C20H17FN4O3S/c1-28-16-4-2-3-15(11-16)24-9-10-25-18(19(24)27)22-23-20(25)29-12-17(26)13-5-7-14(21)8-6-13/h2-11,18,22H,12H2,1H3. The Labute approximate surface area is 170 Å². The van der Waals surface area contributed by atoms with E-state index < -0.39 is 6.17 Å². The minimum atomic E-state index is -0.686. The van der Waals surface area contributed by atoms with Crippen molar-refractivity contribution in [3.63, 3.8) is 0 Å². The number of Topliss-reactive ketones (excluding diaryl/α,β-unsaturated/α-hetero) is 1. The second-order valence-electron chi connectivity index (χ2n) is 6.26. The van der Waals surface area contributed by atoms with Gasteiger partial charge in [0.15, 0.2) is 11.0 Å². The topological polar surface area (TPSA) is 74.2 Å². The molecule has 148 valence electrons. The zero-order valence-corrected chi connectivity index (χ0v) is 16.2. The van der Waals surface area contributed by atoms with Crippen molar-refractivity contribution in [3.8, 4) is 5.75 Å². The molecule has 2 aromatic carbocycles. The predicted molar refractivity (Wildman–Crippen MR) is 109 cm³/mol. The number of hydrazone groups is 1. The Balaban J connectivity index is 1.43. The molecule has 29 heavy (non-hydrogen) atoms. The summed E-state index contributed by atoms with van der Waals surface area (Å²) in [7, 11) is 1.57. The molecule has 0 aliphatic carbocycles. The van der Waals surface area contributed by atoms with Gasteiger partial charge >= 0.3 is 0 Å². The Hall–Kier alpha value is -3.33. The van der Waals surface area contributed by atoms with Crippen molar-refractivity contribution >= 4 is 34.3 Å². The highest BCUT2D eigenvalue weighted by Crippen LogP contribution is 2.28. The van der Waals surface area contributed by atoms with Gasteiger partial charge in [0, 0.05) is 24.0 Å². The summed E-state index contributed by atoms with van der Waals surface area (Å²) in [6, 6.07) is 12.6. The van der Waals surface area contributed by atoms with Crippen molar-refractivity contribution in [1.82, 2.24) is 10.3 Å². The molecule has 0 saturated heterocycles. The number of nitrogens with one attached hydrogen (secondary N) is 1. The fourth-order valence-corrected chi connectivity index (χ4v) is 3.80. The number of fused-ring (bicyclic) bond motifs is 1. The molecule has 0 bridgehead atoms. The van der Waals surface area contributed by atoms with Gasteiger partial charge in [-0.1, -0.05) is 17.8 Å². The fraction of sp³-hybridized carbons (Fsp3) is 0.150. The zero-order valence-electron chi connectivity index (χ0n) is 15.4. The van der Waals surface area contributed by atoms with Crippen LogP contribution in [-0.4, -0.2) is 40.8 Å². The van der Waals surface area contributed by atoms with Crippen LogP contribution in [0.5, 0.6) is 5.75 Å². The molecule has 0 spiro atoms. The molecule has 2 aliphatic heterocycles. The van der Waals surface area contributed by atoms with E-state index in [4.69, 9.17) is 4.74 Å². The van der Waals surface area contributed by atoms with Gasteiger partial charge in [0.25, 0.3) is 5.91 Å². The number of anilines is 1. The van der Waals surface area contributed by atoms with Crippen molar-refractivity contribution in [1.29, 1.82) is 0 Å². The van der Waals surface area contributed by atoms with Crippen LogP contribution in [-0.2, 0) is 4.79 Å². The van der Waals surface area contributed by atoms with Gasteiger partial charge in [0.05, 0.1) is 18.6 Å². The predicted octanol–water partition coefficient (Wildman–Crippen LogP) is 2.77. The van der Waals surface area contributed by atoms with Crippen LogP contribution in [0.3, 0.4) is 0 Å². The third-order valence-corrected chi connectivity index (χ3v) is 5.43. The Morgan fingerprint density at radius 1 is 1.24 bits per heavy atom. The number of amidine groups is 1. The van der Waals surface area contributed by atoms with E-state index in [1.165, 1.54) is 40.9 Å². The summed E-state index contributed by atoms with van der Waals surface area (Å²) in [6.45, 7) is 0. The SMILES string of the molecule is COc1cccc(N2C=CN3C(SCC(=O)c4ccc(F)cc4)=NNC3C2=O)c1. The number of nitrogens with zero attached hydrogens (tertiary/aromatic N) is 3. The van der Waals surface area contributed by atoms with E-state index in [9.17, 15) is 14.0 Å². The number of rotatable bonds is 5. The molecule has 1 amide bonds. The van der Waals surface area contributed by atoms with E-state index >= 15 is 0 Å². The third-order valence-electron chi connectivity index (χ3n) is 4.46. The van der Waals surface area contributed by atoms with E-state index in [0.717, 1.165) is 0 Å². The number of halogens is 1. The summed E-state index contributed by atoms with van der Waals surface area (Å²) < 4.78 is 18.2. The van der Waals surface area contributed by atoms with Crippen molar-refractivity contribution in [3.05, 3.63) is 72.3 Å². The van der Waals surface area contributed by atoms with E-state index in [2.05, 4.69) is 10.5 Å². The lowest BCUT2D eigenvalue weighted by molar-refractivity contribution is -0.122. The lowest BCUT2D eigenvalue weighted by atomic mass is 10.1. The molecular formula is C20H17FN4O3S. The summed E-state index contributed by atoms with van der Waals surface area (Å²) in [5.74, 6) is 0.0319. The van der Waals surface area contributed by atoms with Gasteiger partial charge in [0.1, 0.15) is 11.6 Å². The van der Waals surface area contributed by atoms with Crippen molar-refractivity contribution < 1.29 is 18.7 Å². The molecule has 2 heterocycles. The quantitative estimate of drug-likeness (QED) is 0.762. The first-order valence-electron chi connectivity index (χ1n) is 8.75. The number of carbonyl (C=O) groups excluding carboxylic acids is 2. The van der Waals surface area contributed by atoms with Crippen LogP contribution in [0.1, 0.15) is 10.4 Å². The van der Waals surface area contributed by atoms with E-state index in [0.29, 0.717) is 22.2 Å². The smallest absolute Gasteiger partial charge is 0.276 e. The summed E-state index contributed by atoms with van der Waals surface area (Å²) in [4.78, 5) is 28.4. The average Bonchev–Trinajstić information content (AvgIpc) is 3.17. The van der Waals surface area contributed by atoms with Gasteiger partial charge in [-0.3, -0.25) is 24.8 Å². The van der Waals surface area contributed by atoms with Gasteiger partial charge in [-0.15, -0.1) is 0 Å². The minimum Gasteiger partial charge on any atom is -0.497 e. The Morgan fingerprint density at radius 2 is 2.03 bits per heavy atom. The van der Waals surface area contributed by atoms with Gasteiger partial charge in [0.2, 0.25) is 6.17 Å². The van der Waals surface area contributed by atoms with Crippen LogP contribution < -0.4 is 15.1 Å². The van der Waals surface area contributed by atoms with Crippen LogP contribution in [0.15, 0.2) is 66.0 Å². The molecule has 1 atom stereocenters. The highest BCUT2D eigenvalue weighted by atomic mass is 32.2. The summed E-state index contributed by atoms with van der Waals surface area (Å²) in [5, 5.41) is 4.71. The van der Waals surface area contributed by atoms with Crippen LogP contribution in [0.25, 0.3) is 0 Å². The van der Waals surface area contributed by atoms with Crippen molar-refractivity contribution in [2.45, 2.75) is 6.17 Å². The first-order valence-corrected chi connectivity index (χ1v) is 9.74. The number of benzene rings is 2. The number of ether oxygens (including phenoxy) is 1. The molecule has 7 nitrogen and oxygen atoms in total. The normalized spacial score (nSPS) is 17.7. The molecule has 1 N–H and O–H groups in total. The number of amides is 1. The third kappa shape index (κ3) is 3.81. The number of ketones is 1. The van der Waals surface area contributed by atoms with Gasteiger partial charge in [-0.25, -0.2) is 4.39 Å². The second kappa shape index (κ2) is 7.96. The number of hydrogen-bond acceptors (Lipinski definition) is 7. The Morgan fingerprint density at radius 3 is 2.79 bits per heavy atom. The summed E-state index contributed by atoms with van der Waals surface area (Å²) in [6.07, 6.45) is 2.70. The van der Waals surface area contributed by atoms with E-state index in [1.807, 2.05) is 12.1 Å². The molecular weight excluding hydrogens is 395 g/mol. The minimum absolute atomic E-state index is 0.122. The van der Waals surface area contributed by atoms with E-state index in [-0.39, 0.29) is 23.3 Å². The first-order chi connectivity index (χ1) is 14.1. The maximum atomic E-state index is 13.0. The van der Waals surface area contributed by atoms with Gasteiger partial charge < -0.3 is 4.74 Å². The van der Waals surface area contributed by atoms with Crippen LogP contribution in [0.4, 0.5) is 10.1 Å². The van der Waals surface area contributed by atoms with E-state index in [1.54, 1.807) is 36.5 Å². The van der Waals surface area contributed by atoms with Crippen LogP contribution >= 0.6 is 11.8 Å². The number of methoxy groups -OCH3 is 1.